The van der Waals surface area contributed by atoms with Gasteiger partial charge in [0.1, 0.15) is 12.4 Å². The van der Waals surface area contributed by atoms with Crippen LogP contribution in [0.25, 0.3) is 0 Å². The van der Waals surface area contributed by atoms with Crippen LogP contribution in [-0.4, -0.2) is 47.2 Å². The van der Waals surface area contributed by atoms with Gasteiger partial charge in [-0.3, -0.25) is 4.79 Å². The second-order valence-electron chi connectivity index (χ2n) is 8.68. The smallest absolute Gasteiger partial charge is 0.317 e. The van der Waals surface area contributed by atoms with Gasteiger partial charge in [-0.25, -0.2) is 4.79 Å². The third kappa shape index (κ3) is 7.07. The summed E-state index contributed by atoms with van der Waals surface area (Å²) in [7, 11) is 0. The Kier molecular flexibility index (Phi) is 8.35. The molecule has 0 bridgehead atoms. The van der Waals surface area contributed by atoms with Crippen LogP contribution in [0.3, 0.4) is 0 Å². The largest absolute Gasteiger partial charge is 0.489 e. The first-order valence-corrected chi connectivity index (χ1v) is 11.9. The maximum atomic E-state index is 12.9. The number of carbonyl (C=O) groups excluding carboxylic acids is 2. The van der Waals surface area contributed by atoms with Crippen molar-refractivity contribution in [3.8, 4) is 5.75 Å². The molecule has 7 heteroatoms. The number of rotatable bonds is 7. The van der Waals surface area contributed by atoms with Crippen molar-refractivity contribution in [3.63, 3.8) is 0 Å². The molecule has 3 amide bonds. The number of carbonyl (C=O) groups is 2. The van der Waals surface area contributed by atoms with Gasteiger partial charge in [0.2, 0.25) is 0 Å². The zero-order chi connectivity index (χ0) is 24.5. The summed E-state index contributed by atoms with van der Waals surface area (Å²) < 4.78 is 5.78. The van der Waals surface area contributed by atoms with E-state index in [0.717, 1.165) is 11.1 Å². The maximum absolute atomic E-state index is 12.9. The Balaban J connectivity index is 1.31. The molecule has 0 spiro atoms. The van der Waals surface area contributed by atoms with Gasteiger partial charge in [0, 0.05) is 25.2 Å². The standard InChI is InChI=1S/C28H31N3O4/c32-26-12-7-17-31(28(34)29-18-21-8-3-1-4-9-21)19-25(26)30-27(33)23-13-15-24(16-14-23)35-20-22-10-5-2-6-11-22/h1-6,8-11,13-16,25-26,32H,7,12,17-20H2,(H,29,34)(H,30,33). The van der Waals surface area contributed by atoms with E-state index in [9.17, 15) is 14.7 Å². The van der Waals surface area contributed by atoms with Crippen LogP contribution >= 0.6 is 0 Å². The van der Waals surface area contributed by atoms with E-state index in [-0.39, 0.29) is 18.5 Å². The molecular weight excluding hydrogens is 442 g/mol. The number of nitrogens with zero attached hydrogens (tertiary/aromatic N) is 1. The Labute approximate surface area is 205 Å². The van der Waals surface area contributed by atoms with E-state index in [2.05, 4.69) is 10.6 Å². The molecule has 1 aliphatic heterocycles. The third-order valence-electron chi connectivity index (χ3n) is 6.06. The molecule has 0 aliphatic carbocycles. The minimum absolute atomic E-state index is 0.206. The monoisotopic (exact) mass is 473 g/mol. The first kappa shape index (κ1) is 24.3. The fourth-order valence-corrected chi connectivity index (χ4v) is 4.05. The average Bonchev–Trinajstić information content (AvgIpc) is 3.08. The molecule has 1 saturated heterocycles. The van der Waals surface area contributed by atoms with Gasteiger partial charge in [-0.15, -0.1) is 0 Å². The molecule has 1 fully saturated rings. The predicted molar refractivity (Wildman–Crippen MR) is 134 cm³/mol. The van der Waals surface area contributed by atoms with Crippen molar-refractivity contribution in [1.82, 2.24) is 15.5 Å². The molecule has 1 heterocycles. The predicted octanol–water partition coefficient (Wildman–Crippen LogP) is 3.73. The Morgan fingerprint density at radius 1 is 0.914 bits per heavy atom. The van der Waals surface area contributed by atoms with E-state index in [1.165, 1.54) is 0 Å². The van der Waals surface area contributed by atoms with Crippen LogP contribution in [0.4, 0.5) is 4.79 Å². The van der Waals surface area contributed by atoms with Crippen LogP contribution in [-0.2, 0) is 13.2 Å². The van der Waals surface area contributed by atoms with Crippen molar-refractivity contribution in [1.29, 1.82) is 0 Å². The fraction of sp³-hybridized carbons (Fsp3) is 0.286. The molecule has 2 unspecified atom stereocenters. The Hall–Kier alpha value is -3.84. The highest BCUT2D eigenvalue weighted by Gasteiger charge is 2.29. The summed E-state index contributed by atoms with van der Waals surface area (Å²) >= 11 is 0. The van der Waals surface area contributed by atoms with Crippen LogP contribution in [0, 0.1) is 0 Å². The minimum atomic E-state index is -0.723. The van der Waals surface area contributed by atoms with Gasteiger partial charge in [0.25, 0.3) is 5.91 Å². The first-order chi connectivity index (χ1) is 17.1. The van der Waals surface area contributed by atoms with E-state index in [4.69, 9.17) is 4.74 Å². The van der Waals surface area contributed by atoms with Crippen molar-refractivity contribution in [2.45, 2.75) is 38.1 Å². The van der Waals surface area contributed by atoms with Gasteiger partial charge >= 0.3 is 6.03 Å². The molecule has 0 radical (unpaired) electrons. The van der Waals surface area contributed by atoms with Crippen molar-refractivity contribution in [3.05, 3.63) is 102 Å². The lowest BCUT2D eigenvalue weighted by atomic mass is 10.1. The molecule has 7 nitrogen and oxygen atoms in total. The molecule has 3 aromatic rings. The van der Waals surface area contributed by atoms with Gasteiger partial charge in [0.15, 0.2) is 0 Å². The Morgan fingerprint density at radius 3 is 2.26 bits per heavy atom. The van der Waals surface area contributed by atoms with Crippen LogP contribution in [0.2, 0.25) is 0 Å². The highest BCUT2D eigenvalue weighted by molar-refractivity contribution is 5.94. The number of ether oxygens (including phenoxy) is 1. The molecule has 2 atom stereocenters. The van der Waals surface area contributed by atoms with Crippen molar-refractivity contribution < 1.29 is 19.4 Å². The summed E-state index contributed by atoms with van der Waals surface area (Å²) in [6, 6.07) is 25.7. The summed E-state index contributed by atoms with van der Waals surface area (Å²) in [5, 5.41) is 16.4. The number of nitrogens with one attached hydrogen (secondary N) is 2. The van der Waals surface area contributed by atoms with E-state index in [0.29, 0.717) is 43.9 Å². The molecule has 0 aromatic heterocycles. The lowest BCUT2D eigenvalue weighted by Gasteiger charge is -2.27. The minimum Gasteiger partial charge on any atom is -0.489 e. The number of hydrogen-bond donors (Lipinski definition) is 3. The highest BCUT2D eigenvalue weighted by Crippen LogP contribution is 2.16. The second kappa shape index (κ2) is 12.0. The number of likely N-dealkylation sites (tertiary alicyclic amines) is 1. The van der Waals surface area contributed by atoms with Crippen LogP contribution in [0.15, 0.2) is 84.9 Å². The van der Waals surface area contributed by atoms with Crippen molar-refractivity contribution in [2.24, 2.45) is 0 Å². The average molecular weight is 474 g/mol. The lowest BCUT2D eigenvalue weighted by Crippen LogP contribution is -2.51. The van der Waals surface area contributed by atoms with Gasteiger partial charge in [0.05, 0.1) is 12.1 Å². The topological polar surface area (TPSA) is 90.9 Å². The van der Waals surface area contributed by atoms with Gasteiger partial charge < -0.3 is 25.4 Å². The zero-order valence-corrected chi connectivity index (χ0v) is 19.6. The highest BCUT2D eigenvalue weighted by atomic mass is 16.5. The number of aliphatic hydroxyl groups excluding tert-OH is 1. The summed E-state index contributed by atoms with van der Waals surface area (Å²) in [5.41, 5.74) is 2.54. The number of hydrogen-bond acceptors (Lipinski definition) is 4. The molecule has 1 aliphatic rings. The number of urea groups is 1. The Bertz CT molecular complexity index is 1090. The van der Waals surface area contributed by atoms with Gasteiger partial charge in [-0.05, 0) is 48.2 Å². The summed E-state index contributed by atoms with van der Waals surface area (Å²) in [4.78, 5) is 27.3. The fourth-order valence-electron chi connectivity index (χ4n) is 4.05. The summed E-state index contributed by atoms with van der Waals surface area (Å²) in [5.74, 6) is 0.372. The third-order valence-corrected chi connectivity index (χ3v) is 6.06. The normalized spacial score (nSPS) is 17.8. The molecule has 35 heavy (non-hydrogen) atoms. The van der Waals surface area contributed by atoms with Gasteiger partial charge in [-0.2, -0.15) is 0 Å². The lowest BCUT2D eigenvalue weighted by molar-refractivity contribution is 0.0809. The number of amides is 3. The zero-order valence-electron chi connectivity index (χ0n) is 19.6. The van der Waals surface area contributed by atoms with Crippen LogP contribution in [0.5, 0.6) is 5.75 Å². The van der Waals surface area contributed by atoms with E-state index in [1.54, 1.807) is 29.2 Å². The van der Waals surface area contributed by atoms with Crippen LogP contribution < -0.4 is 15.4 Å². The molecule has 182 valence electrons. The molecule has 3 aromatic carbocycles. The molecular formula is C28H31N3O4. The summed E-state index contributed by atoms with van der Waals surface area (Å²) in [6.45, 7) is 1.64. The number of benzene rings is 3. The van der Waals surface area contributed by atoms with E-state index in [1.807, 2.05) is 60.7 Å². The first-order valence-electron chi connectivity index (χ1n) is 11.9. The Morgan fingerprint density at radius 2 is 1.57 bits per heavy atom. The van der Waals surface area contributed by atoms with Crippen molar-refractivity contribution in [2.75, 3.05) is 13.1 Å². The summed E-state index contributed by atoms with van der Waals surface area (Å²) in [6.07, 6.45) is 0.457. The maximum Gasteiger partial charge on any atom is 0.317 e. The van der Waals surface area contributed by atoms with E-state index < -0.39 is 12.1 Å². The molecule has 0 saturated carbocycles. The quantitative estimate of drug-likeness (QED) is 0.488. The number of aliphatic hydroxyl groups is 1. The van der Waals surface area contributed by atoms with Gasteiger partial charge in [-0.1, -0.05) is 60.7 Å². The second-order valence-corrected chi connectivity index (χ2v) is 8.68. The van der Waals surface area contributed by atoms with E-state index >= 15 is 0 Å². The van der Waals surface area contributed by atoms with Crippen molar-refractivity contribution >= 4 is 11.9 Å². The SMILES string of the molecule is O=C(NC1CN(C(=O)NCc2ccccc2)CCCC1O)c1ccc(OCc2ccccc2)cc1. The molecule has 3 N–H and O–H groups in total. The molecule has 4 rings (SSSR count). The van der Waals surface area contributed by atoms with Crippen LogP contribution in [0.1, 0.15) is 34.3 Å².